The Morgan fingerprint density at radius 3 is 2.42 bits per heavy atom. The van der Waals surface area contributed by atoms with Gasteiger partial charge in [-0.1, -0.05) is 20.8 Å². The second kappa shape index (κ2) is 4.14. The number of fused-ring (bicyclic) bond motifs is 1. The summed E-state index contributed by atoms with van der Waals surface area (Å²) in [5, 5.41) is 30.7. The largest absolute Gasteiger partial charge is 0.393 e. The molecule has 0 saturated heterocycles. The zero-order chi connectivity index (χ0) is 14.6. The number of aliphatic hydroxyl groups excluding tert-OH is 2. The van der Waals surface area contributed by atoms with Crippen LogP contribution in [0.15, 0.2) is 11.6 Å². The maximum Gasteiger partial charge on any atom is 0.160 e. The smallest absolute Gasteiger partial charge is 0.160 e. The first-order valence-electron chi connectivity index (χ1n) is 6.82. The molecule has 1 saturated carbocycles. The van der Waals surface area contributed by atoms with Crippen LogP contribution in [-0.4, -0.2) is 39.4 Å². The first-order valence-corrected chi connectivity index (χ1v) is 6.82. The number of allylic oxidation sites excluding steroid dienone is 1. The van der Waals surface area contributed by atoms with Gasteiger partial charge in [-0.2, -0.15) is 0 Å². The lowest BCUT2D eigenvalue weighted by atomic mass is 9.46. The van der Waals surface area contributed by atoms with Crippen LogP contribution >= 0.6 is 0 Å². The summed E-state index contributed by atoms with van der Waals surface area (Å²) >= 11 is 0. The molecule has 2 aliphatic carbocycles. The second-order valence-corrected chi connectivity index (χ2v) is 7.15. The number of aliphatic hydroxyl groups is 3. The molecule has 0 unspecified atom stereocenters. The van der Waals surface area contributed by atoms with Crippen LogP contribution in [0.4, 0.5) is 0 Å². The van der Waals surface area contributed by atoms with Gasteiger partial charge in [0.25, 0.3) is 0 Å². The SMILES string of the molecule is CC1=CC(=O)[C@H]2C(C)(C)C[C@@H](O)C[C@]2(C)[C@@]1(O)CO. The fraction of sp³-hybridized carbons (Fsp3) is 0.800. The second-order valence-electron chi connectivity index (χ2n) is 7.15. The highest BCUT2D eigenvalue weighted by Gasteiger charge is 2.63. The molecule has 4 nitrogen and oxygen atoms in total. The monoisotopic (exact) mass is 268 g/mol. The molecular formula is C15H24O4. The predicted molar refractivity (Wildman–Crippen MR) is 71.4 cm³/mol. The van der Waals surface area contributed by atoms with Gasteiger partial charge in [-0.15, -0.1) is 0 Å². The van der Waals surface area contributed by atoms with E-state index in [9.17, 15) is 20.1 Å². The molecule has 0 spiro atoms. The van der Waals surface area contributed by atoms with Crippen LogP contribution in [0.3, 0.4) is 0 Å². The molecule has 0 heterocycles. The van der Waals surface area contributed by atoms with Gasteiger partial charge < -0.3 is 15.3 Å². The molecule has 0 aromatic rings. The van der Waals surface area contributed by atoms with Crippen LogP contribution in [0.2, 0.25) is 0 Å². The van der Waals surface area contributed by atoms with Gasteiger partial charge in [-0.05, 0) is 36.8 Å². The lowest BCUT2D eigenvalue weighted by Crippen LogP contribution is -2.65. The lowest BCUT2D eigenvalue weighted by Gasteiger charge is -2.59. The normalized spacial score (nSPS) is 45.6. The quantitative estimate of drug-likeness (QED) is 0.664. The molecule has 19 heavy (non-hydrogen) atoms. The molecule has 4 atom stereocenters. The molecule has 0 amide bonds. The van der Waals surface area contributed by atoms with Gasteiger partial charge in [-0.3, -0.25) is 4.79 Å². The summed E-state index contributed by atoms with van der Waals surface area (Å²) in [6, 6.07) is 0. The van der Waals surface area contributed by atoms with E-state index in [1.54, 1.807) is 6.92 Å². The molecule has 2 aliphatic rings. The van der Waals surface area contributed by atoms with Crippen molar-refractivity contribution in [2.75, 3.05) is 6.61 Å². The number of hydrogen-bond donors (Lipinski definition) is 3. The highest BCUT2D eigenvalue weighted by molar-refractivity contribution is 5.95. The van der Waals surface area contributed by atoms with E-state index in [0.717, 1.165) is 0 Å². The molecule has 4 heteroatoms. The van der Waals surface area contributed by atoms with Crippen LogP contribution in [-0.2, 0) is 4.79 Å². The minimum absolute atomic E-state index is 0.00461. The maximum absolute atomic E-state index is 12.4. The molecule has 0 radical (unpaired) electrons. The molecular weight excluding hydrogens is 244 g/mol. The number of carbonyl (C=O) groups excluding carboxylic acids is 1. The summed E-state index contributed by atoms with van der Waals surface area (Å²) in [5.41, 5.74) is -2.18. The van der Waals surface area contributed by atoms with Crippen molar-refractivity contribution in [2.24, 2.45) is 16.7 Å². The average molecular weight is 268 g/mol. The van der Waals surface area contributed by atoms with Gasteiger partial charge >= 0.3 is 0 Å². The van der Waals surface area contributed by atoms with E-state index in [2.05, 4.69) is 0 Å². The van der Waals surface area contributed by atoms with Crippen LogP contribution in [0.25, 0.3) is 0 Å². The summed E-state index contributed by atoms with van der Waals surface area (Å²) in [4.78, 5) is 12.4. The van der Waals surface area contributed by atoms with Crippen molar-refractivity contribution in [3.8, 4) is 0 Å². The summed E-state index contributed by atoms with van der Waals surface area (Å²) < 4.78 is 0. The maximum atomic E-state index is 12.4. The topological polar surface area (TPSA) is 77.8 Å². The Kier molecular flexibility index (Phi) is 3.20. The third kappa shape index (κ3) is 1.81. The molecule has 3 N–H and O–H groups in total. The van der Waals surface area contributed by atoms with Gasteiger partial charge in [-0.25, -0.2) is 0 Å². The number of rotatable bonds is 1. The summed E-state index contributed by atoms with van der Waals surface area (Å²) in [6.45, 7) is 6.94. The van der Waals surface area contributed by atoms with E-state index in [1.807, 2.05) is 20.8 Å². The van der Waals surface area contributed by atoms with E-state index in [-0.39, 0.29) is 11.7 Å². The average Bonchev–Trinajstić information content (AvgIpc) is 2.22. The summed E-state index contributed by atoms with van der Waals surface area (Å²) in [6.07, 6.45) is 1.76. The third-order valence-electron chi connectivity index (χ3n) is 5.31. The Bertz CT molecular complexity index is 439. The third-order valence-corrected chi connectivity index (χ3v) is 5.31. The number of hydrogen-bond acceptors (Lipinski definition) is 4. The van der Waals surface area contributed by atoms with Crippen molar-refractivity contribution in [1.29, 1.82) is 0 Å². The Balaban J connectivity index is 2.64. The fourth-order valence-corrected chi connectivity index (χ4v) is 4.55. The van der Waals surface area contributed by atoms with Crippen LogP contribution in [0, 0.1) is 16.7 Å². The highest BCUT2D eigenvalue weighted by Crippen LogP contribution is 2.59. The molecule has 1 fully saturated rings. The zero-order valence-corrected chi connectivity index (χ0v) is 12.1. The van der Waals surface area contributed by atoms with E-state index in [0.29, 0.717) is 18.4 Å². The predicted octanol–water partition coefficient (Wildman–Crippen LogP) is 1.04. The number of carbonyl (C=O) groups is 1. The van der Waals surface area contributed by atoms with Crippen molar-refractivity contribution in [3.05, 3.63) is 11.6 Å². The van der Waals surface area contributed by atoms with Gasteiger partial charge in [0.2, 0.25) is 0 Å². The van der Waals surface area contributed by atoms with E-state index >= 15 is 0 Å². The lowest BCUT2D eigenvalue weighted by molar-refractivity contribution is -0.186. The van der Waals surface area contributed by atoms with Crippen molar-refractivity contribution in [3.63, 3.8) is 0 Å². The Morgan fingerprint density at radius 1 is 1.32 bits per heavy atom. The Morgan fingerprint density at radius 2 is 1.89 bits per heavy atom. The minimum Gasteiger partial charge on any atom is -0.393 e. The zero-order valence-electron chi connectivity index (χ0n) is 12.1. The van der Waals surface area contributed by atoms with Crippen molar-refractivity contribution < 1.29 is 20.1 Å². The Labute approximate surface area is 114 Å². The fourth-order valence-electron chi connectivity index (χ4n) is 4.55. The number of ketones is 1. The molecule has 0 aromatic carbocycles. The van der Waals surface area contributed by atoms with Crippen molar-refractivity contribution in [1.82, 2.24) is 0 Å². The first-order chi connectivity index (χ1) is 8.58. The standard InChI is InChI=1S/C15H24O4/c1-9-5-11(18)12-13(2,3)6-10(17)7-14(12,4)15(9,19)8-16/h5,10,12,16-17,19H,6-8H2,1-4H3/t10-,12+,14+,15-/m1/s1. The van der Waals surface area contributed by atoms with Crippen molar-refractivity contribution >= 4 is 5.78 Å². The molecule has 0 aliphatic heterocycles. The van der Waals surface area contributed by atoms with Crippen molar-refractivity contribution in [2.45, 2.75) is 52.2 Å². The highest BCUT2D eigenvalue weighted by atomic mass is 16.3. The molecule has 108 valence electrons. The Hall–Kier alpha value is -0.710. The van der Waals surface area contributed by atoms with Crippen LogP contribution in [0.5, 0.6) is 0 Å². The van der Waals surface area contributed by atoms with Crippen LogP contribution in [0.1, 0.15) is 40.5 Å². The molecule has 0 aromatic heterocycles. The van der Waals surface area contributed by atoms with E-state index in [4.69, 9.17) is 0 Å². The molecule has 2 rings (SSSR count). The summed E-state index contributed by atoms with van der Waals surface area (Å²) in [7, 11) is 0. The first kappa shape index (κ1) is 14.7. The van der Waals surface area contributed by atoms with Gasteiger partial charge in [0.05, 0.1) is 12.7 Å². The van der Waals surface area contributed by atoms with Gasteiger partial charge in [0.15, 0.2) is 5.78 Å². The van der Waals surface area contributed by atoms with E-state index < -0.39 is 29.1 Å². The minimum atomic E-state index is -1.44. The summed E-state index contributed by atoms with van der Waals surface area (Å²) in [5.74, 6) is -0.390. The van der Waals surface area contributed by atoms with Crippen LogP contribution < -0.4 is 0 Å². The molecule has 0 bridgehead atoms. The van der Waals surface area contributed by atoms with Gasteiger partial charge in [0.1, 0.15) is 5.60 Å². The van der Waals surface area contributed by atoms with E-state index in [1.165, 1.54) is 6.08 Å². The van der Waals surface area contributed by atoms with Gasteiger partial charge in [0, 0.05) is 11.3 Å².